The Morgan fingerprint density at radius 2 is 1.95 bits per heavy atom. The van der Waals surface area contributed by atoms with E-state index in [1.165, 1.54) is 17.7 Å². The number of hydrogen-bond acceptors (Lipinski definition) is 4. The van der Waals surface area contributed by atoms with Gasteiger partial charge in [0, 0.05) is 19.8 Å². The first-order valence-corrected chi connectivity index (χ1v) is 8.57. The van der Waals surface area contributed by atoms with Crippen molar-refractivity contribution in [1.82, 2.24) is 9.80 Å². The van der Waals surface area contributed by atoms with Crippen LogP contribution in [0.2, 0.25) is 0 Å². The van der Waals surface area contributed by atoms with Crippen molar-refractivity contribution in [2.75, 3.05) is 32.9 Å². The first-order valence-electron chi connectivity index (χ1n) is 8.57. The summed E-state index contributed by atoms with van der Waals surface area (Å²) in [6, 6.07) is -0.275. The molecule has 4 fully saturated rings. The summed E-state index contributed by atoms with van der Waals surface area (Å²) in [5, 5.41) is 0. The van der Waals surface area contributed by atoms with Gasteiger partial charge in [-0.15, -0.1) is 0 Å². The second-order valence-corrected chi connectivity index (χ2v) is 6.91. The molecule has 0 N–H and O–H groups in total. The minimum atomic E-state index is -0.178. The highest BCUT2D eigenvalue weighted by molar-refractivity contribution is 6.04. The molecule has 3 amide bonds. The molecule has 3 saturated heterocycles. The summed E-state index contributed by atoms with van der Waals surface area (Å²) in [6.45, 7) is 3.09. The fraction of sp³-hybridized carbons (Fsp3) is 0.875. The zero-order chi connectivity index (χ0) is 15.1. The van der Waals surface area contributed by atoms with Crippen LogP contribution in [0.25, 0.3) is 0 Å². The maximum Gasteiger partial charge on any atom is 0.327 e. The Hall–Kier alpha value is -1.14. The first-order chi connectivity index (χ1) is 10.8. The van der Waals surface area contributed by atoms with Gasteiger partial charge in [0.25, 0.3) is 5.91 Å². The number of nitrogens with zero attached hydrogens (tertiary/aromatic N) is 2. The summed E-state index contributed by atoms with van der Waals surface area (Å²) in [4.78, 5) is 28.3. The maximum atomic E-state index is 12.6. The van der Waals surface area contributed by atoms with E-state index in [0.29, 0.717) is 25.0 Å². The van der Waals surface area contributed by atoms with Gasteiger partial charge in [0.2, 0.25) is 0 Å². The largest absolute Gasteiger partial charge is 0.381 e. The van der Waals surface area contributed by atoms with Crippen LogP contribution in [0, 0.1) is 11.8 Å². The Kier molecular flexibility index (Phi) is 3.82. The predicted octanol–water partition coefficient (Wildman–Crippen LogP) is 1.24. The fourth-order valence-corrected chi connectivity index (χ4v) is 4.59. The SMILES string of the molecule is O=C1[C@@H]2[C@@H]3CCC[C@@H]3CN2C(=O)N1CCOC1CCOCC1. The zero-order valence-electron chi connectivity index (χ0n) is 12.9. The van der Waals surface area contributed by atoms with Crippen LogP contribution in [0.15, 0.2) is 0 Å². The lowest BCUT2D eigenvalue weighted by Crippen LogP contribution is -2.38. The van der Waals surface area contributed by atoms with Gasteiger partial charge < -0.3 is 14.4 Å². The quantitative estimate of drug-likeness (QED) is 0.733. The topological polar surface area (TPSA) is 59.1 Å². The van der Waals surface area contributed by atoms with E-state index < -0.39 is 0 Å². The molecule has 1 saturated carbocycles. The number of ether oxygens (including phenoxy) is 2. The van der Waals surface area contributed by atoms with Crippen LogP contribution >= 0.6 is 0 Å². The number of carbonyl (C=O) groups excluding carboxylic acids is 2. The monoisotopic (exact) mass is 308 g/mol. The average Bonchev–Trinajstić information content (AvgIpc) is 3.16. The number of rotatable bonds is 4. The number of urea groups is 1. The molecule has 4 rings (SSSR count). The second-order valence-electron chi connectivity index (χ2n) is 6.91. The normalized spacial score (nSPS) is 35.4. The average molecular weight is 308 g/mol. The number of imide groups is 1. The minimum Gasteiger partial charge on any atom is -0.381 e. The van der Waals surface area contributed by atoms with Crippen molar-refractivity contribution in [2.45, 2.75) is 44.2 Å². The molecule has 3 heterocycles. The molecule has 3 atom stereocenters. The molecule has 4 aliphatic rings. The summed E-state index contributed by atoms with van der Waals surface area (Å²) < 4.78 is 11.1. The molecule has 122 valence electrons. The van der Waals surface area contributed by atoms with Gasteiger partial charge in [-0.05, 0) is 37.5 Å². The Morgan fingerprint density at radius 3 is 2.77 bits per heavy atom. The molecule has 22 heavy (non-hydrogen) atoms. The molecular formula is C16H24N2O4. The zero-order valence-corrected chi connectivity index (χ0v) is 12.9. The first kappa shape index (κ1) is 14.5. The molecule has 6 heteroatoms. The van der Waals surface area contributed by atoms with Crippen molar-refractivity contribution in [2.24, 2.45) is 11.8 Å². The smallest absolute Gasteiger partial charge is 0.327 e. The van der Waals surface area contributed by atoms with E-state index in [1.807, 2.05) is 4.90 Å². The van der Waals surface area contributed by atoms with Gasteiger partial charge in [0.1, 0.15) is 6.04 Å². The molecule has 0 bridgehead atoms. The van der Waals surface area contributed by atoms with Crippen LogP contribution in [0.3, 0.4) is 0 Å². The van der Waals surface area contributed by atoms with Crippen molar-refractivity contribution >= 4 is 11.9 Å². The number of amides is 3. The second kappa shape index (κ2) is 5.81. The molecular weight excluding hydrogens is 284 g/mol. The summed E-state index contributed by atoms with van der Waals surface area (Å²) in [5.41, 5.74) is 0. The van der Waals surface area contributed by atoms with Crippen LogP contribution in [0.1, 0.15) is 32.1 Å². The van der Waals surface area contributed by atoms with Crippen LogP contribution < -0.4 is 0 Å². The van der Waals surface area contributed by atoms with Crippen molar-refractivity contribution in [3.05, 3.63) is 0 Å². The van der Waals surface area contributed by atoms with Crippen LogP contribution in [-0.4, -0.2) is 66.8 Å². The van der Waals surface area contributed by atoms with Crippen molar-refractivity contribution < 1.29 is 19.1 Å². The van der Waals surface area contributed by atoms with Gasteiger partial charge in [-0.25, -0.2) is 4.79 Å². The third-order valence-corrected chi connectivity index (χ3v) is 5.72. The van der Waals surface area contributed by atoms with Crippen LogP contribution in [0.4, 0.5) is 4.79 Å². The van der Waals surface area contributed by atoms with Gasteiger partial charge >= 0.3 is 6.03 Å². The van der Waals surface area contributed by atoms with E-state index in [2.05, 4.69) is 0 Å². The minimum absolute atomic E-state index is 0.00924. The molecule has 0 spiro atoms. The summed E-state index contributed by atoms with van der Waals surface area (Å²) in [7, 11) is 0. The number of fused-ring (bicyclic) bond motifs is 3. The van der Waals surface area contributed by atoms with E-state index in [1.54, 1.807) is 0 Å². The maximum absolute atomic E-state index is 12.6. The summed E-state index contributed by atoms with van der Waals surface area (Å²) in [6.07, 6.45) is 5.48. The number of carbonyl (C=O) groups is 2. The lowest BCUT2D eigenvalue weighted by molar-refractivity contribution is -0.130. The van der Waals surface area contributed by atoms with E-state index in [9.17, 15) is 9.59 Å². The van der Waals surface area contributed by atoms with Crippen LogP contribution in [0.5, 0.6) is 0 Å². The lowest BCUT2D eigenvalue weighted by atomic mass is 9.93. The summed E-state index contributed by atoms with van der Waals surface area (Å²) >= 11 is 0. The molecule has 0 aromatic rings. The predicted molar refractivity (Wildman–Crippen MR) is 78.2 cm³/mol. The van der Waals surface area contributed by atoms with Gasteiger partial charge in [0.05, 0.1) is 19.3 Å². The molecule has 0 aromatic heterocycles. The van der Waals surface area contributed by atoms with E-state index in [-0.39, 0.29) is 24.1 Å². The molecule has 6 nitrogen and oxygen atoms in total. The van der Waals surface area contributed by atoms with E-state index in [4.69, 9.17) is 9.47 Å². The highest BCUT2D eigenvalue weighted by Gasteiger charge is 2.56. The third kappa shape index (κ3) is 2.33. The molecule has 0 aromatic carbocycles. The molecule has 3 aliphatic heterocycles. The van der Waals surface area contributed by atoms with Crippen molar-refractivity contribution in [3.63, 3.8) is 0 Å². The van der Waals surface area contributed by atoms with Crippen molar-refractivity contribution in [1.29, 1.82) is 0 Å². The highest BCUT2D eigenvalue weighted by Crippen LogP contribution is 2.45. The molecule has 0 radical (unpaired) electrons. The number of hydrogen-bond donors (Lipinski definition) is 0. The third-order valence-electron chi connectivity index (χ3n) is 5.72. The lowest BCUT2D eigenvalue weighted by Gasteiger charge is -2.24. The van der Waals surface area contributed by atoms with Gasteiger partial charge in [0.15, 0.2) is 0 Å². The van der Waals surface area contributed by atoms with E-state index in [0.717, 1.165) is 39.0 Å². The Morgan fingerprint density at radius 1 is 1.14 bits per heavy atom. The van der Waals surface area contributed by atoms with Crippen molar-refractivity contribution in [3.8, 4) is 0 Å². The Labute approximate surface area is 130 Å². The fourth-order valence-electron chi connectivity index (χ4n) is 4.59. The molecule has 1 aliphatic carbocycles. The van der Waals surface area contributed by atoms with Gasteiger partial charge in [-0.2, -0.15) is 0 Å². The standard InChI is InChI=1S/C16H24N2O4/c19-15-14-13-3-1-2-11(13)10-18(14)16(20)17(15)6-9-22-12-4-7-21-8-5-12/h11-14H,1-10H2/t11-,13-,14+/m1/s1. The Bertz CT molecular complexity index is 463. The van der Waals surface area contributed by atoms with Crippen LogP contribution in [-0.2, 0) is 14.3 Å². The van der Waals surface area contributed by atoms with E-state index >= 15 is 0 Å². The van der Waals surface area contributed by atoms with Gasteiger partial charge in [-0.1, -0.05) is 6.42 Å². The highest BCUT2D eigenvalue weighted by atomic mass is 16.5. The van der Waals surface area contributed by atoms with Gasteiger partial charge in [-0.3, -0.25) is 9.69 Å². The Balaban J connectivity index is 1.33. The molecule has 0 unspecified atom stereocenters. The summed E-state index contributed by atoms with van der Waals surface area (Å²) in [5.74, 6) is 0.964.